The van der Waals surface area contributed by atoms with E-state index < -0.39 is 58.1 Å². The minimum Gasteiger partial charge on any atom is -0.459 e. The zero-order valence-electron chi connectivity index (χ0n) is 21.8. The van der Waals surface area contributed by atoms with Gasteiger partial charge in [0.2, 0.25) is 0 Å². The molecule has 0 aliphatic rings. The number of carbonyl (C=O) groups is 4. The number of esters is 4. The summed E-state index contributed by atoms with van der Waals surface area (Å²) in [7, 11) is 0. The molecular formula is C24H42O8. The summed E-state index contributed by atoms with van der Waals surface area (Å²) in [6, 6.07) is 0. The first-order valence-electron chi connectivity index (χ1n) is 10.9. The molecule has 0 saturated heterocycles. The average molecular weight is 459 g/mol. The van der Waals surface area contributed by atoms with Crippen LogP contribution in [0.4, 0.5) is 0 Å². The molecule has 0 aromatic heterocycles. The summed E-state index contributed by atoms with van der Waals surface area (Å²) in [5.74, 6) is -5.72. The Morgan fingerprint density at radius 3 is 0.719 bits per heavy atom. The highest BCUT2D eigenvalue weighted by Gasteiger charge is 2.39. The average Bonchev–Trinajstić information content (AvgIpc) is 2.43. The summed E-state index contributed by atoms with van der Waals surface area (Å²) in [6.07, 6.45) is -0.292. The minimum atomic E-state index is -1.30. The first-order chi connectivity index (χ1) is 14.0. The van der Waals surface area contributed by atoms with Crippen LogP contribution in [0.3, 0.4) is 0 Å². The Hall–Kier alpha value is -2.12. The second-order valence-corrected chi connectivity index (χ2v) is 11.8. The van der Waals surface area contributed by atoms with Crippen LogP contribution in [0.25, 0.3) is 0 Å². The van der Waals surface area contributed by atoms with E-state index in [2.05, 4.69) is 0 Å². The second kappa shape index (κ2) is 10.7. The Morgan fingerprint density at radius 1 is 0.438 bits per heavy atom. The van der Waals surface area contributed by atoms with Gasteiger partial charge in [0.25, 0.3) is 0 Å². The van der Waals surface area contributed by atoms with E-state index in [1.165, 1.54) is 0 Å². The maximum atomic E-state index is 12.7. The monoisotopic (exact) mass is 458 g/mol. The van der Waals surface area contributed by atoms with Crippen LogP contribution in [0.5, 0.6) is 0 Å². The van der Waals surface area contributed by atoms with E-state index in [1.807, 2.05) is 0 Å². The first-order valence-corrected chi connectivity index (χ1v) is 10.9. The van der Waals surface area contributed by atoms with Gasteiger partial charge in [-0.3, -0.25) is 19.2 Å². The Bertz CT molecular complexity index is 565. The molecular weight excluding hydrogens is 416 g/mol. The molecule has 0 amide bonds. The molecule has 8 nitrogen and oxygen atoms in total. The smallest absolute Gasteiger partial charge is 0.320 e. The third-order valence-electron chi connectivity index (χ3n) is 3.51. The Morgan fingerprint density at radius 2 is 0.594 bits per heavy atom. The van der Waals surface area contributed by atoms with Crippen molar-refractivity contribution in [1.29, 1.82) is 0 Å². The van der Waals surface area contributed by atoms with Crippen molar-refractivity contribution in [2.45, 2.75) is 118 Å². The minimum absolute atomic E-state index is 0.146. The summed E-state index contributed by atoms with van der Waals surface area (Å²) in [6.45, 7) is 20.2. The van der Waals surface area contributed by atoms with Gasteiger partial charge in [-0.2, -0.15) is 0 Å². The molecule has 0 radical (unpaired) electrons. The Labute approximate surface area is 192 Å². The summed E-state index contributed by atoms with van der Waals surface area (Å²) in [5.41, 5.74) is -3.31. The highest BCUT2D eigenvalue weighted by molar-refractivity contribution is 5.97. The fourth-order valence-corrected chi connectivity index (χ4v) is 2.49. The van der Waals surface area contributed by atoms with E-state index in [-0.39, 0.29) is 12.8 Å². The van der Waals surface area contributed by atoms with Gasteiger partial charge < -0.3 is 18.9 Å². The van der Waals surface area contributed by atoms with Crippen molar-refractivity contribution in [2.75, 3.05) is 0 Å². The molecule has 0 atom stereocenters. The van der Waals surface area contributed by atoms with Gasteiger partial charge in [-0.05, 0) is 95.9 Å². The van der Waals surface area contributed by atoms with Crippen molar-refractivity contribution in [3.63, 3.8) is 0 Å². The van der Waals surface area contributed by atoms with Crippen LogP contribution in [0, 0.1) is 11.8 Å². The number of carbonyl (C=O) groups excluding carboxylic acids is 4. The number of hydrogen-bond donors (Lipinski definition) is 0. The molecule has 8 heteroatoms. The molecule has 186 valence electrons. The number of ether oxygens (including phenoxy) is 4. The lowest BCUT2D eigenvalue weighted by Crippen LogP contribution is -2.39. The van der Waals surface area contributed by atoms with Crippen molar-refractivity contribution < 1.29 is 38.1 Å². The van der Waals surface area contributed by atoms with Gasteiger partial charge in [-0.1, -0.05) is 0 Å². The van der Waals surface area contributed by atoms with Crippen LogP contribution in [0.1, 0.15) is 95.9 Å². The summed E-state index contributed by atoms with van der Waals surface area (Å²) >= 11 is 0. The molecule has 0 N–H and O–H groups in total. The van der Waals surface area contributed by atoms with Crippen LogP contribution in [0.15, 0.2) is 0 Å². The molecule has 0 bridgehead atoms. The quantitative estimate of drug-likeness (QED) is 0.315. The predicted molar refractivity (Wildman–Crippen MR) is 120 cm³/mol. The normalized spacial score (nSPS) is 13.1. The van der Waals surface area contributed by atoms with Crippen LogP contribution < -0.4 is 0 Å². The molecule has 32 heavy (non-hydrogen) atoms. The third-order valence-corrected chi connectivity index (χ3v) is 3.51. The SMILES string of the molecule is CC(C)(C)OC(=O)C(CCC(C(=O)OC(C)(C)C)C(=O)OC(C)(C)C)C(=O)OC(C)(C)C. The summed E-state index contributed by atoms with van der Waals surface area (Å²) in [5, 5.41) is 0. The molecule has 0 aromatic rings. The molecule has 0 heterocycles. The lowest BCUT2D eigenvalue weighted by atomic mass is 9.94. The summed E-state index contributed by atoms with van der Waals surface area (Å²) < 4.78 is 21.5. The second-order valence-electron chi connectivity index (χ2n) is 11.8. The summed E-state index contributed by atoms with van der Waals surface area (Å²) in [4.78, 5) is 51.0. The number of hydrogen-bond acceptors (Lipinski definition) is 8. The standard InChI is InChI=1S/C24H42O8/c1-21(2,3)29-17(25)15(18(26)30-22(4,5)6)13-14-16(19(27)31-23(7,8)9)20(28)32-24(10,11)12/h15-16H,13-14H2,1-12H3. The van der Waals surface area contributed by atoms with Gasteiger partial charge in [0.05, 0.1) is 0 Å². The molecule has 0 unspecified atom stereocenters. The fraction of sp³-hybridized carbons (Fsp3) is 0.833. The first kappa shape index (κ1) is 29.9. The number of rotatable bonds is 7. The zero-order valence-corrected chi connectivity index (χ0v) is 21.8. The van der Waals surface area contributed by atoms with E-state index in [4.69, 9.17) is 18.9 Å². The highest BCUT2D eigenvalue weighted by atomic mass is 16.6. The Kier molecular flexibility index (Phi) is 9.96. The third kappa shape index (κ3) is 13.3. The van der Waals surface area contributed by atoms with Crippen molar-refractivity contribution >= 4 is 23.9 Å². The van der Waals surface area contributed by atoms with Crippen molar-refractivity contribution in [3.05, 3.63) is 0 Å². The van der Waals surface area contributed by atoms with E-state index >= 15 is 0 Å². The molecule has 0 aliphatic carbocycles. The molecule has 0 fully saturated rings. The van der Waals surface area contributed by atoms with Gasteiger partial charge in [0.15, 0.2) is 11.8 Å². The topological polar surface area (TPSA) is 105 Å². The van der Waals surface area contributed by atoms with Crippen molar-refractivity contribution in [2.24, 2.45) is 11.8 Å². The van der Waals surface area contributed by atoms with Gasteiger partial charge in [-0.25, -0.2) is 0 Å². The van der Waals surface area contributed by atoms with Gasteiger partial charge in [0, 0.05) is 0 Å². The molecule has 0 aliphatic heterocycles. The zero-order chi connectivity index (χ0) is 25.7. The fourth-order valence-electron chi connectivity index (χ4n) is 2.49. The van der Waals surface area contributed by atoms with Crippen LogP contribution in [-0.2, 0) is 38.1 Å². The molecule has 0 spiro atoms. The molecule has 0 rings (SSSR count). The van der Waals surface area contributed by atoms with Gasteiger partial charge >= 0.3 is 23.9 Å². The molecule has 0 saturated carbocycles. The van der Waals surface area contributed by atoms with Crippen LogP contribution >= 0.6 is 0 Å². The van der Waals surface area contributed by atoms with Gasteiger partial charge in [0.1, 0.15) is 22.4 Å². The maximum absolute atomic E-state index is 12.7. The van der Waals surface area contributed by atoms with Crippen molar-refractivity contribution in [1.82, 2.24) is 0 Å². The molecule has 0 aromatic carbocycles. The highest BCUT2D eigenvalue weighted by Crippen LogP contribution is 2.25. The van der Waals surface area contributed by atoms with E-state index in [1.54, 1.807) is 83.1 Å². The van der Waals surface area contributed by atoms with Crippen molar-refractivity contribution in [3.8, 4) is 0 Å². The predicted octanol–water partition coefficient (Wildman–Crippen LogP) is 4.37. The van der Waals surface area contributed by atoms with E-state index in [0.717, 1.165) is 0 Å². The maximum Gasteiger partial charge on any atom is 0.320 e. The van der Waals surface area contributed by atoms with Crippen LogP contribution in [0.2, 0.25) is 0 Å². The van der Waals surface area contributed by atoms with Gasteiger partial charge in [-0.15, -0.1) is 0 Å². The lowest BCUT2D eigenvalue weighted by molar-refractivity contribution is -0.180. The van der Waals surface area contributed by atoms with Crippen LogP contribution in [-0.4, -0.2) is 46.3 Å². The Balaban J connectivity index is 5.81. The van der Waals surface area contributed by atoms with E-state index in [9.17, 15) is 19.2 Å². The largest absolute Gasteiger partial charge is 0.459 e. The van der Waals surface area contributed by atoms with E-state index in [0.29, 0.717) is 0 Å². The lowest BCUT2D eigenvalue weighted by Gasteiger charge is -2.28.